The molecule has 1 fully saturated rings. The van der Waals surface area contributed by atoms with E-state index in [-0.39, 0.29) is 24.7 Å². The van der Waals surface area contributed by atoms with E-state index in [4.69, 9.17) is 11.6 Å². The van der Waals surface area contributed by atoms with Gasteiger partial charge in [-0.05, 0) is 78.2 Å². The Kier molecular flexibility index (Phi) is 8.77. The van der Waals surface area contributed by atoms with Crippen LogP contribution >= 0.6 is 11.6 Å². The molecule has 1 aromatic rings. The third kappa shape index (κ3) is 5.81. The lowest BCUT2D eigenvalue weighted by atomic mass is 9.89. The molecule has 34 heavy (non-hydrogen) atoms. The van der Waals surface area contributed by atoms with Gasteiger partial charge in [-0.25, -0.2) is 4.99 Å². The lowest BCUT2D eigenvalue weighted by Crippen LogP contribution is -2.42. The van der Waals surface area contributed by atoms with Crippen LogP contribution in [0.5, 0.6) is 0 Å². The van der Waals surface area contributed by atoms with Crippen molar-refractivity contribution < 1.29 is 9.59 Å². The highest BCUT2D eigenvalue weighted by Crippen LogP contribution is 2.34. The van der Waals surface area contributed by atoms with E-state index in [1.165, 1.54) is 12.8 Å². The minimum absolute atomic E-state index is 0.0221. The predicted octanol–water partition coefficient (Wildman–Crippen LogP) is 3.94. The van der Waals surface area contributed by atoms with Crippen LogP contribution in [0.25, 0.3) is 0 Å². The standard InChI is InChI=1S/C26H38ClN5O2/c1-7-32(20-10-8-19(9-11-20)31(5)6)23-14-18(27)13-21(17(23)3)26(34)29-15-22-24(33)12-16(2)30-25(22)28-4/h13-14,19-20,28H,7-12,15H2,1-6H3,(H,29,34)/t19-,20-. The normalized spacial score (nSPS) is 20.9. The minimum atomic E-state index is -0.240. The first-order chi connectivity index (χ1) is 16.2. The molecule has 7 nitrogen and oxygen atoms in total. The zero-order valence-corrected chi connectivity index (χ0v) is 22.1. The summed E-state index contributed by atoms with van der Waals surface area (Å²) in [6.07, 6.45) is 4.85. The molecular formula is C26H38ClN5O2. The van der Waals surface area contributed by atoms with Crippen molar-refractivity contribution in [2.45, 2.75) is 65.0 Å². The highest BCUT2D eigenvalue weighted by atomic mass is 35.5. The summed E-state index contributed by atoms with van der Waals surface area (Å²) in [5.74, 6) is 0.254. The van der Waals surface area contributed by atoms with Crippen molar-refractivity contribution in [3.63, 3.8) is 0 Å². The zero-order valence-electron chi connectivity index (χ0n) is 21.3. The third-order valence-electron chi connectivity index (χ3n) is 7.08. The number of anilines is 1. The maximum Gasteiger partial charge on any atom is 0.251 e. The Morgan fingerprint density at radius 2 is 1.79 bits per heavy atom. The first-order valence-corrected chi connectivity index (χ1v) is 12.5. The van der Waals surface area contributed by atoms with Crippen LogP contribution in [0.1, 0.15) is 61.9 Å². The molecule has 0 saturated heterocycles. The average molecular weight is 488 g/mol. The van der Waals surface area contributed by atoms with Crippen molar-refractivity contribution in [3.8, 4) is 0 Å². The highest BCUT2D eigenvalue weighted by Gasteiger charge is 2.28. The quantitative estimate of drug-likeness (QED) is 0.580. The van der Waals surface area contributed by atoms with Crippen molar-refractivity contribution >= 4 is 34.7 Å². The van der Waals surface area contributed by atoms with Crippen molar-refractivity contribution in [1.29, 1.82) is 0 Å². The Hall–Kier alpha value is -2.38. The van der Waals surface area contributed by atoms with E-state index in [2.05, 4.69) is 46.4 Å². The van der Waals surface area contributed by atoms with Gasteiger partial charge in [-0.15, -0.1) is 0 Å². The highest BCUT2D eigenvalue weighted by molar-refractivity contribution is 6.31. The number of hydrogen-bond acceptors (Lipinski definition) is 6. The summed E-state index contributed by atoms with van der Waals surface area (Å²) in [5, 5.41) is 6.42. The van der Waals surface area contributed by atoms with E-state index in [1.54, 1.807) is 13.1 Å². The SMILES string of the molecule is CCN(c1cc(Cl)cc(C(=O)NCC2=C(NC)N=C(C)CC2=O)c1C)[C@H]1CC[C@H](N(C)C)CC1. The Balaban J connectivity index is 1.80. The van der Waals surface area contributed by atoms with Crippen molar-refractivity contribution in [2.24, 2.45) is 4.99 Å². The largest absolute Gasteiger partial charge is 0.373 e. The number of amides is 1. The first kappa shape index (κ1) is 26.2. The summed E-state index contributed by atoms with van der Waals surface area (Å²) >= 11 is 6.50. The van der Waals surface area contributed by atoms with E-state index in [0.29, 0.717) is 34.1 Å². The van der Waals surface area contributed by atoms with E-state index in [1.807, 2.05) is 19.9 Å². The molecule has 186 valence electrons. The van der Waals surface area contributed by atoms with Gasteiger partial charge in [0.15, 0.2) is 5.78 Å². The van der Waals surface area contributed by atoms with Gasteiger partial charge in [0.25, 0.3) is 5.91 Å². The fourth-order valence-corrected chi connectivity index (χ4v) is 5.34. The maximum atomic E-state index is 13.2. The summed E-state index contributed by atoms with van der Waals surface area (Å²) in [6.45, 7) is 6.93. The monoisotopic (exact) mass is 487 g/mol. The molecule has 0 unspecified atom stereocenters. The van der Waals surface area contributed by atoms with Crippen LogP contribution in [0.3, 0.4) is 0 Å². The predicted molar refractivity (Wildman–Crippen MR) is 140 cm³/mol. The van der Waals surface area contributed by atoms with Crippen molar-refractivity contribution in [1.82, 2.24) is 15.5 Å². The number of carbonyl (C=O) groups excluding carboxylic acids is 2. The number of benzene rings is 1. The van der Waals surface area contributed by atoms with Crippen LogP contribution in [0.15, 0.2) is 28.5 Å². The van der Waals surface area contributed by atoms with Crippen molar-refractivity contribution in [3.05, 3.63) is 39.7 Å². The molecule has 1 aliphatic heterocycles. The van der Waals surface area contributed by atoms with E-state index in [0.717, 1.165) is 36.3 Å². The Bertz CT molecular complexity index is 993. The second-order valence-corrected chi connectivity index (χ2v) is 9.95. The fraction of sp³-hybridized carbons (Fsp3) is 0.577. The molecule has 0 atom stereocenters. The number of rotatable bonds is 8. The topological polar surface area (TPSA) is 77.0 Å². The molecule has 1 amide bonds. The van der Waals surface area contributed by atoms with E-state index >= 15 is 0 Å². The van der Waals surface area contributed by atoms with Gasteiger partial charge in [-0.3, -0.25) is 9.59 Å². The molecule has 0 aromatic heterocycles. The van der Waals surface area contributed by atoms with Gasteiger partial charge >= 0.3 is 0 Å². The summed E-state index contributed by atoms with van der Waals surface area (Å²) < 4.78 is 0. The molecule has 1 aromatic carbocycles. The zero-order chi connectivity index (χ0) is 25.0. The number of nitrogens with one attached hydrogen (secondary N) is 2. The van der Waals surface area contributed by atoms with Gasteiger partial charge in [0.05, 0.1) is 12.1 Å². The summed E-state index contributed by atoms with van der Waals surface area (Å²) in [4.78, 5) is 34.8. The lowest BCUT2D eigenvalue weighted by molar-refractivity contribution is -0.114. The molecule has 1 aliphatic carbocycles. The third-order valence-corrected chi connectivity index (χ3v) is 7.30. The van der Waals surface area contributed by atoms with Crippen LogP contribution in [0.2, 0.25) is 5.02 Å². The van der Waals surface area contributed by atoms with Gasteiger partial charge in [-0.2, -0.15) is 0 Å². The number of aliphatic imine (C=N–C) groups is 1. The molecule has 0 radical (unpaired) electrons. The Morgan fingerprint density at radius 1 is 1.15 bits per heavy atom. The first-order valence-electron chi connectivity index (χ1n) is 12.2. The summed E-state index contributed by atoms with van der Waals surface area (Å²) in [7, 11) is 6.03. The number of halogens is 1. The molecule has 1 saturated carbocycles. The molecule has 8 heteroatoms. The second kappa shape index (κ2) is 11.4. The molecule has 3 rings (SSSR count). The Labute approximate surface area is 208 Å². The molecule has 1 heterocycles. The number of carbonyl (C=O) groups is 2. The van der Waals surface area contributed by atoms with Crippen LogP contribution in [-0.4, -0.2) is 68.6 Å². The van der Waals surface area contributed by atoms with Gasteiger partial charge in [0.2, 0.25) is 0 Å². The second-order valence-electron chi connectivity index (χ2n) is 9.52. The van der Waals surface area contributed by atoms with E-state index < -0.39 is 0 Å². The van der Waals surface area contributed by atoms with Gasteiger partial charge in [0, 0.05) is 54.1 Å². The van der Waals surface area contributed by atoms with Crippen LogP contribution in [-0.2, 0) is 4.79 Å². The molecule has 2 N–H and O–H groups in total. The van der Waals surface area contributed by atoms with Crippen molar-refractivity contribution in [2.75, 3.05) is 39.1 Å². The molecule has 0 bridgehead atoms. The smallest absolute Gasteiger partial charge is 0.251 e. The van der Waals surface area contributed by atoms with Gasteiger partial charge in [0.1, 0.15) is 5.82 Å². The summed E-state index contributed by atoms with van der Waals surface area (Å²) in [5.41, 5.74) is 3.72. The molecular weight excluding hydrogens is 450 g/mol. The number of ketones is 1. The number of hydrogen-bond donors (Lipinski definition) is 2. The van der Waals surface area contributed by atoms with Gasteiger partial charge < -0.3 is 20.4 Å². The van der Waals surface area contributed by atoms with E-state index in [9.17, 15) is 9.59 Å². The van der Waals surface area contributed by atoms with Crippen LogP contribution in [0.4, 0.5) is 5.69 Å². The number of Topliss-reactive ketones (excluding diaryl/α,β-unsaturated/α-hetero) is 1. The summed E-state index contributed by atoms with van der Waals surface area (Å²) in [6, 6.07) is 4.74. The maximum absolute atomic E-state index is 13.2. The number of nitrogens with zero attached hydrogens (tertiary/aromatic N) is 3. The molecule has 0 spiro atoms. The fourth-order valence-electron chi connectivity index (χ4n) is 5.13. The van der Waals surface area contributed by atoms with Crippen LogP contribution in [0, 0.1) is 6.92 Å². The minimum Gasteiger partial charge on any atom is -0.373 e. The Morgan fingerprint density at radius 3 is 2.38 bits per heavy atom. The average Bonchev–Trinajstić information content (AvgIpc) is 2.80. The van der Waals surface area contributed by atoms with Gasteiger partial charge in [-0.1, -0.05) is 11.6 Å². The molecule has 2 aliphatic rings. The van der Waals surface area contributed by atoms with Crippen LogP contribution < -0.4 is 15.5 Å². The lowest BCUT2D eigenvalue weighted by Gasteiger charge is -2.40.